The maximum absolute atomic E-state index is 13.2. The molecule has 0 aliphatic carbocycles. The average molecular weight is 292 g/mol. The molecule has 0 radical (unpaired) electrons. The van der Waals surface area contributed by atoms with E-state index in [1.807, 2.05) is 6.92 Å². The number of nitrogen functional groups attached to an aromatic ring is 1. The highest BCUT2D eigenvalue weighted by molar-refractivity contribution is 6.31. The minimum Gasteiger partial charge on any atom is -0.398 e. The van der Waals surface area contributed by atoms with Crippen LogP contribution in [0.3, 0.4) is 0 Å². The Kier molecular flexibility index (Phi) is 4.25. The number of hydrazone groups is 1. The van der Waals surface area contributed by atoms with Crippen molar-refractivity contribution in [3.05, 3.63) is 58.9 Å². The standard InChI is InChI=1S/C15H15ClFN3/c1-10(14-8-11(16)6-7-15(14)18)19-20(2)13-5-3-4-12(17)9-13/h3-9H,18H2,1-2H3/b19-10+. The van der Waals surface area contributed by atoms with Gasteiger partial charge >= 0.3 is 0 Å². The molecule has 5 heteroatoms. The highest BCUT2D eigenvalue weighted by Crippen LogP contribution is 2.20. The average Bonchev–Trinajstić information content (AvgIpc) is 2.41. The summed E-state index contributed by atoms with van der Waals surface area (Å²) in [5.41, 5.74) is 8.64. The summed E-state index contributed by atoms with van der Waals surface area (Å²) >= 11 is 5.96. The van der Waals surface area contributed by atoms with Crippen LogP contribution in [0.25, 0.3) is 0 Å². The molecule has 3 nitrogen and oxygen atoms in total. The fourth-order valence-corrected chi connectivity index (χ4v) is 2.03. The minimum atomic E-state index is -0.301. The smallest absolute Gasteiger partial charge is 0.125 e. The summed E-state index contributed by atoms with van der Waals surface area (Å²) in [5, 5.41) is 6.60. The van der Waals surface area contributed by atoms with Crippen molar-refractivity contribution >= 4 is 28.7 Å². The minimum absolute atomic E-state index is 0.301. The normalized spacial score (nSPS) is 11.5. The third-order valence-electron chi connectivity index (χ3n) is 2.89. The summed E-state index contributed by atoms with van der Waals surface area (Å²) in [7, 11) is 1.75. The van der Waals surface area contributed by atoms with Crippen LogP contribution in [0.1, 0.15) is 12.5 Å². The van der Waals surface area contributed by atoms with E-state index < -0.39 is 0 Å². The fourth-order valence-electron chi connectivity index (χ4n) is 1.86. The Labute approximate surface area is 122 Å². The van der Waals surface area contributed by atoms with Crippen LogP contribution in [0.4, 0.5) is 15.8 Å². The monoisotopic (exact) mass is 291 g/mol. The lowest BCUT2D eigenvalue weighted by molar-refractivity contribution is 0.627. The molecule has 0 aliphatic heterocycles. The van der Waals surface area contributed by atoms with E-state index >= 15 is 0 Å². The number of hydrogen-bond donors (Lipinski definition) is 1. The van der Waals surface area contributed by atoms with Crippen molar-refractivity contribution < 1.29 is 4.39 Å². The van der Waals surface area contributed by atoms with Crippen molar-refractivity contribution in [2.45, 2.75) is 6.92 Å². The summed E-state index contributed by atoms with van der Waals surface area (Å²) < 4.78 is 13.2. The van der Waals surface area contributed by atoms with E-state index in [0.29, 0.717) is 22.1 Å². The van der Waals surface area contributed by atoms with Gasteiger partial charge in [0.1, 0.15) is 5.82 Å². The number of rotatable bonds is 3. The lowest BCUT2D eigenvalue weighted by atomic mass is 10.1. The predicted octanol–water partition coefficient (Wildman–Crippen LogP) is 3.92. The molecule has 0 aliphatic rings. The molecule has 0 fully saturated rings. The van der Waals surface area contributed by atoms with Crippen LogP contribution in [-0.2, 0) is 0 Å². The molecule has 2 rings (SSSR count). The molecule has 0 unspecified atom stereocenters. The molecule has 0 amide bonds. The van der Waals surface area contributed by atoms with E-state index in [1.54, 1.807) is 42.4 Å². The van der Waals surface area contributed by atoms with Gasteiger partial charge < -0.3 is 5.73 Å². The lowest BCUT2D eigenvalue weighted by Gasteiger charge is -2.15. The molecule has 0 bridgehead atoms. The van der Waals surface area contributed by atoms with Gasteiger partial charge in [-0.25, -0.2) is 4.39 Å². The molecule has 2 N–H and O–H groups in total. The zero-order valence-corrected chi connectivity index (χ0v) is 12.0. The Morgan fingerprint density at radius 3 is 2.70 bits per heavy atom. The summed E-state index contributed by atoms with van der Waals surface area (Å²) in [5.74, 6) is -0.301. The van der Waals surface area contributed by atoms with Crippen molar-refractivity contribution in [1.29, 1.82) is 0 Å². The molecule has 0 atom stereocenters. The number of hydrogen-bond acceptors (Lipinski definition) is 3. The van der Waals surface area contributed by atoms with Gasteiger partial charge in [0, 0.05) is 23.3 Å². The molecule has 0 spiro atoms. The molecular formula is C15H15ClFN3. The SMILES string of the molecule is C/C(=N\N(C)c1cccc(F)c1)c1cc(Cl)ccc1N. The van der Waals surface area contributed by atoms with Crippen LogP contribution < -0.4 is 10.7 Å². The Balaban J connectivity index is 2.32. The first-order valence-electron chi connectivity index (χ1n) is 6.07. The van der Waals surface area contributed by atoms with Gasteiger partial charge in [-0.15, -0.1) is 0 Å². The molecule has 0 saturated carbocycles. The Hall–Kier alpha value is -2.07. The van der Waals surface area contributed by atoms with Crippen LogP contribution in [-0.4, -0.2) is 12.8 Å². The van der Waals surface area contributed by atoms with Gasteiger partial charge in [-0.2, -0.15) is 5.10 Å². The molecule has 104 valence electrons. The highest BCUT2D eigenvalue weighted by atomic mass is 35.5. The lowest BCUT2D eigenvalue weighted by Crippen LogP contribution is -2.13. The molecular weight excluding hydrogens is 277 g/mol. The Morgan fingerprint density at radius 1 is 1.25 bits per heavy atom. The molecule has 2 aromatic carbocycles. The molecule has 0 saturated heterocycles. The van der Waals surface area contributed by atoms with Crippen LogP contribution >= 0.6 is 11.6 Å². The first-order chi connectivity index (χ1) is 9.47. The summed E-state index contributed by atoms with van der Waals surface area (Å²) in [6.45, 7) is 1.83. The van der Waals surface area contributed by atoms with Crippen molar-refractivity contribution in [2.75, 3.05) is 17.8 Å². The van der Waals surface area contributed by atoms with E-state index in [2.05, 4.69) is 5.10 Å². The second-order valence-corrected chi connectivity index (χ2v) is 4.86. The third kappa shape index (κ3) is 3.27. The van der Waals surface area contributed by atoms with Crippen LogP contribution in [0, 0.1) is 5.82 Å². The zero-order valence-electron chi connectivity index (χ0n) is 11.3. The van der Waals surface area contributed by atoms with Crippen LogP contribution in [0.5, 0.6) is 0 Å². The molecule has 2 aromatic rings. The fraction of sp³-hybridized carbons (Fsp3) is 0.133. The van der Waals surface area contributed by atoms with Gasteiger partial charge in [-0.3, -0.25) is 5.01 Å². The molecule has 0 heterocycles. The quantitative estimate of drug-likeness (QED) is 0.529. The van der Waals surface area contributed by atoms with Crippen molar-refractivity contribution in [3.63, 3.8) is 0 Å². The molecule has 20 heavy (non-hydrogen) atoms. The summed E-state index contributed by atoms with van der Waals surface area (Å²) in [4.78, 5) is 0. The number of anilines is 2. The van der Waals surface area contributed by atoms with Gasteiger partial charge in [-0.1, -0.05) is 17.7 Å². The number of benzene rings is 2. The first-order valence-corrected chi connectivity index (χ1v) is 6.45. The highest BCUT2D eigenvalue weighted by Gasteiger charge is 2.06. The second kappa shape index (κ2) is 5.92. The largest absolute Gasteiger partial charge is 0.398 e. The maximum Gasteiger partial charge on any atom is 0.125 e. The van der Waals surface area contributed by atoms with E-state index in [-0.39, 0.29) is 5.82 Å². The number of nitrogens with zero attached hydrogens (tertiary/aromatic N) is 2. The zero-order chi connectivity index (χ0) is 14.7. The Morgan fingerprint density at radius 2 is 2.00 bits per heavy atom. The second-order valence-electron chi connectivity index (χ2n) is 4.42. The molecule has 0 aromatic heterocycles. The van der Waals surface area contributed by atoms with Gasteiger partial charge in [0.25, 0.3) is 0 Å². The first kappa shape index (κ1) is 14.3. The van der Waals surface area contributed by atoms with Crippen molar-refractivity contribution in [3.8, 4) is 0 Å². The van der Waals surface area contributed by atoms with Crippen molar-refractivity contribution in [1.82, 2.24) is 0 Å². The topological polar surface area (TPSA) is 41.6 Å². The Bertz CT molecular complexity index is 655. The summed E-state index contributed by atoms with van der Waals surface area (Å²) in [6, 6.07) is 11.4. The summed E-state index contributed by atoms with van der Waals surface area (Å²) in [6.07, 6.45) is 0. The van der Waals surface area contributed by atoms with E-state index in [1.165, 1.54) is 12.1 Å². The van der Waals surface area contributed by atoms with E-state index in [0.717, 1.165) is 5.56 Å². The van der Waals surface area contributed by atoms with Gasteiger partial charge in [0.2, 0.25) is 0 Å². The van der Waals surface area contributed by atoms with Gasteiger partial charge in [0.05, 0.1) is 11.4 Å². The van der Waals surface area contributed by atoms with Gasteiger partial charge in [0.15, 0.2) is 0 Å². The number of nitrogens with two attached hydrogens (primary N) is 1. The number of halogens is 2. The predicted molar refractivity (Wildman–Crippen MR) is 82.9 cm³/mol. The van der Waals surface area contributed by atoms with Crippen LogP contribution in [0.15, 0.2) is 47.6 Å². The van der Waals surface area contributed by atoms with Crippen LogP contribution in [0.2, 0.25) is 5.02 Å². The third-order valence-corrected chi connectivity index (χ3v) is 3.12. The maximum atomic E-state index is 13.2. The van der Waals surface area contributed by atoms with E-state index in [4.69, 9.17) is 17.3 Å². The van der Waals surface area contributed by atoms with Gasteiger partial charge in [-0.05, 0) is 43.3 Å². The van der Waals surface area contributed by atoms with E-state index in [9.17, 15) is 4.39 Å². The van der Waals surface area contributed by atoms with Crippen molar-refractivity contribution in [2.24, 2.45) is 5.10 Å².